The van der Waals surface area contributed by atoms with E-state index in [1.807, 2.05) is 43.1 Å². The SMILES string of the molecule is CC(C(=O)Nc1ccc2[nH]c(=O)[nH]c2c1)N(C)Cc1ccc(Br)cc1. The number of aromatic amines is 2. The number of nitrogens with zero attached hydrogens (tertiary/aromatic N) is 1. The number of rotatable bonds is 5. The van der Waals surface area contributed by atoms with Crippen LogP contribution in [0.3, 0.4) is 0 Å². The third kappa shape index (κ3) is 4.18. The Morgan fingerprint density at radius 3 is 2.56 bits per heavy atom. The Morgan fingerprint density at radius 1 is 1.16 bits per heavy atom. The van der Waals surface area contributed by atoms with E-state index >= 15 is 0 Å². The number of amides is 1. The highest BCUT2D eigenvalue weighted by Gasteiger charge is 2.18. The molecule has 0 aliphatic heterocycles. The Balaban J connectivity index is 1.66. The molecule has 3 rings (SSSR count). The minimum atomic E-state index is -0.301. The van der Waals surface area contributed by atoms with Crippen molar-refractivity contribution in [1.29, 1.82) is 0 Å². The van der Waals surface area contributed by atoms with Crippen molar-refractivity contribution in [1.82, 2.24) is 14.9 Å². The number of benzene rings is 2. The molecule has 1 atom stereocenters. The first-order chi connectivity index (χ1) is 11.9. The maximum absolute atomic E-state index is 12.5. The summed E-state index contributed by atoms with van der Waals surface area (Å²) in [7, 11) is 1.92. The molecule has 0 aliphatic rings. The van der Waals surface area contributed by atoms with E-state index < -0.39 is 0 Å². The lowest BCUT2D eigenvalue weighted by Crippen LogP contribution is -2.39. The zero-order chi connectivity index (χ0) is 18.0. The summed E-state index contributed by atoms with van der Waals surface area (Å²) in [6.07, 6.45) is 0. The van der Waals surface area contributed by atoms with Crippen LogP contribution in [0, 0.1) is 0 Å². The largest absolute Gasteiger partial charge is 0.325 e. The molecular formula is C18H19BrN4O2. The summed E-state index contributed by atoms with van der Waals surface area (Å²) in [6, 6.07) is 13.0. The van der Waals surface area contributed by atoms with E-state index in [0.29, 0.717) is 23.3 Å². The molecule has 3 aromatic rings. The van der Waals surface area contributed by atoms with Gasteiger partial charge in [0.15, 0.2) is 0 Å². The Labute approximate surface area is 153 Å². The lowest BCUT2D eigenvalue weighted by Gasteiger charge is -2.24. The quantitative estimate of drug-likeness (QED) is 0.613. The van der Waals surface area contributed by atoms with Crippen LogP contribution in [0.25, 0.3) is 11.0 Å². The van der Waals surface area contributed by atoms with E-state index in [4.69, 9.17) is 0 Å². The first-order valence-electron chi connectivity index (χ1n) is 7.90. The van der Waals surface area contributed by atoms with Crippen LogP contribution in [-0.2, 0) is 11.3 Å². The molecule has 1 unspecified atom stereocenters. The molecule has 0 radical (unpaired) electrons. The van der Waals surface area contributed by atoms with Crippen molar-refractivity contribution in [2.24, 2.45) is 0 Å². The Bertz CT molecular complexity index is 946. The fourth-order valence-electron chi connectivity index (χ4n) is 2.57. The third-order valence-electron chi connectivity index (χ3n) is 4.17. The van der Waals surface area contributed by atoms with Crippen LogP contribution in [0.1, 0.15) is 12.5 Å². The first kappa shape index (κ1) is 17.4. The number of aromatic nitrogens is 2. The lowest BCUT2D eigenvalue weighted by atomic mass is 10.2. The summed E-state index contributed by atoms with van der Waals surface area (Å²) in [4.78, 5) is 31.1. The molecule has 0 aliphatic carbocycles. The normalized spacial score (nSPS) is 12.5. The molecule has 3 N–H and O–H groups in total. The van der Waals surface area contributed by atoms with Crippen molar-refractivity contribution in [3.63, 3.8) is 0 Å². The van der Waals surface area contributed by atoms with Crippen molar-refractivity contribution in [3.05, 3.63) is 63.0 Å². The van der Waals surface area contributed by atoms with Crippen LogP contribution < -0.4 is 11.0 Å². The smallest absolute Gasteiger partial charge is 0.323 e. The average molecular weight is 403 g/mol. The summed E-state index contributed by atoms with van der Waals surface area (Å²) in [5.74, 6) is -0.100. The van der Waals surface area contributed by atoms with Gasteiger partial charge in [0.25, 0.3) is 0 Å². The number of anilines is 1. The summed E-state index contributed by atoms with van der Waals surface area (Å²) in [6.45, 7) is 2.54. The number of likely N-dealkylation sites (N-methyl/N-ethyl adjacent to an activating group) is 1. The van der Waals surface area contributed by atoms with Gasteiger partial charge in [-0.25, -0.2) is 4.79 Å². The van der Waals surface area contributed by atoms with Crippen LogP contribution in [0.4, 0.5) is 5.69 Å². The van der Waals surface area contributed by atoms with Crippen molar-refractivity contribution in [2.45, 2.75) is 19.5 Å². The molecule has 7 heteroatoms. The topological polar surface area (TPSA) is 81.0 Å². The first-order valence-corrected chi connectivity index (χ1v) is 8.69. The van der Waals surface area contributed by atoms with Crippen LogP contribution >= 0.6 is 15.9 Å². The minimum Gasteiger partial charge on any atom is -0.325 e. The number of hydrogen-bond donors (Lipinski definition) is 3. The van der Waals surface area contributed by atoms with Crippen molar-refractivity contribution >= 4 is 38.6 Å². The third-order valence-corrected chi connectivity index (χ3v) is 4.70. The molecule has 1 aromatic heterocycles. The fourth-order valence-corrected chi connectivity index (χ4v) is 2.84. The number of nitrogens with one attached hydrogen (secondary N) is 3. The van der Waals surface area contributed by atoms with Gasteiger partial charge in [-0.15, -0.1) is 0 Å². The average Bonchev–Trinajstić information content (AvgIpc) is 2.95. The Hall–Kier alpha value is -2.38. The second-order valence-electron chi connectivity index (χ2n) is 6.05. The molecule has 0 saturated carbocycles. The maximum Gasteiger partial charge on any atom is 0.323 e. The van der Waals surface area contributed by atoms with Crippen LogP contribution in [-0.4, -0.2) is 33.9 Å². The van der Waals surface area contributed by atoms with Crippen LogP contribution in [0.5, 0.6) is 0 Å². The molecule has 130 valence electrons. The van der Waals surface area contributed by atoms with E-state index in [2.05, 4.69) is 31.2 Å². The number of fused-ring (bicyclic) bond motifs is 1. The Kier molecular flexibility index (Phi) is 5.06. The molecule has 0 saturated heterocycles. The van der Waals surface area contributed by atoms with E-state index in [1.165, 1.54) is 0 Å². The fraction of sp³-hybridized carbons (Fsp3) is 0.222. The predicted octanol–water partition coefficient (Wildman–Crippen LogP) is 3.08. The summed E-state index contributed by atoms with van der Waals surface area (Å²) in [5.41, 5.74) is 2.90. The highest BCUT2D eigenvalue weighted by Crippen LogP contribution is 2.16. The minimum absolute atomic E-state index is 0.100. The second kappa shape index (κ2) is 7.25. The summed E-state index contributed by atoms with van der Waals surface area (Å²) in [5, 5.41) is 2.89. The number of carbonyl (C=O) groups excluding carboxylic acids is 1. The highest BCUT2D eigenvalue weighted by atomic mass is 79.9. The highest BCUT2D eigenvalue weighted by molar-refractivity contribution is 9.10. The van der Waals surface area contributed by atoms with Crippen molar-refractivity contribution in [2.75, 3.05) is 12.4 Å². The Morgan fingerprint density at radius 2 is 1.84 bits per heavy atom. The standard InChI is InChI=1S/C18H19BrN4O2/c1-11(23(2)10-12-3-5-13(19)6-4-12)17(24)20-14-7-8-15-16(9-14)22-18(25)21-15/h3-9,11H,10H2,1-2H3,(H,20,24)(H2,21,22,25). The number of carbonyl (C=O) groups is 1. The predicted molar refractivity (Wildman–Crippen MR) is 103 cm³/mol. The number of imidazole rings is 1. The van der Waals surface area contributed by atoms with Crippen LogP contribution in [0.2, 0.25) is 0 Å². The van der Waals surface area contributed by atoms with Gasteiger partial charge in [-0.05, 0) is 49.9 Å². The van der Waals surface area contributed by atoms with Gasteiger partial charge >= 0.3 is 5.69 Å². The van der Waals surface area contributed by atoms with E-state index in [1.54, 1.807) is 18.2 Å². The molecule has 6 nitrogen and oxygen atoms in total. The summed E-state index contributed by atoms with van der Waals surface area (Å²) < 4.78 is 1.03. The van der Waals surface area contributed by atoms with Gasteiger partial charge < -0.3 is 15.3 Å². The molecule has 1 amide bonds. The number of hydrogen-bond acceptors (Lipinski definition) is 3. The second-order valence-corrected chi connectivity index (χ2v) is 6.96. The number of halogens is 1. The van der Waals surface area contributed by atoms with Gasteiger partial charge in [0.2, 0.25) is 5.91 Å². The van der Waals surface area contributed by atoms with E-state index in [-0.39, 0.29) is 17.6 Å². The van der Waals surface area contributed by atoms with Gasteiger partial charge in [-0.2, -0.15) is 0 Å². The van der Waals surface area contributed by atoms with Gasteiger partial charge in [0, 0.05) is 16.7 Å². The van der Waals surface area contributed by atoms with Gasteiger partial charge in [0.05, 0.1) is 17.1 Å². The van der Waals surface area contributed by atoms with Crippen molar-refractivity contribution in [3.8, 4) is 0 Å². The molecule has 0 bridgehead atoms. The summed E-state index contributed by atoms with van der Waals surface area (Å²) >= 11 is 3.42. The zero-order valence-corrected chi connectivity index (χ0v) is 15.6. The molecule has 2 aromatic carbocycles. The maximum atomic E-state index is 12.5. The monoisotopic (exact) mass is 402 g/mol. The zero-order valence-electron chi connectivity index (χ0n) is 14.0. The van der Waals surface area contributed by atoms with Gasteiger partial charge in [0.1, 0.15) is 0 Å². The van der Waals surface area contributed by atoms with E-state index in [9.17, 15) is 9.59 Å². The molecular weight excluding hydrogens is 384 g/mol. The molecule has 0 spiro atoms. The molecule has 1 heterocycles. The van der Waals surface area contributed by atoms with E-state index in [0.717, 1.165) is 10.0 Å². The molecule has 25 heavy (non-hydrogen) atoms. The molecule has 0 fully saturated rings. The van der Waals surface area contributed by atoms with Gasteiger partial charge in [-0.3, -0.25) is 9.69 Å². The van der Waals surface area contributed by atoms with Gasteiger partial charge in [-0.1, -0.05) is 28.1 Å². The number of H-pyrrole nitrogens is 2. The van der Waals surface area contributed by atoms with Crippen LogP contribution in [0.15, 0.2) is 51.7 Å². The lowest BCUT2D eigenvalue weighted by molar-refractivity contribution is -0.120. The van der Waals surface area contributed by atoms with Crippen molar-refractivity contribution < 1.29 is 4.79 Å².